The first kappa shape index (κ1) is 11.2. The summed E-state index contributed by atoms with van der Waals surface area (Å²) in [5.41, 5.74) is 7.44. The summed E-state index contributed by atoms with van der Waals surface area (Å²) in [7, 11) is 0. The van der Waals surface area contributed by atoms with E-state index in [2.05, 4.69) is 32.1 Å². The normalized spacial score (nSPS) is 12.0. The quantitative estimate of drug-likeness (QED) is 0.780. The summed E-state index contributed by atoms with van der Waals surface area (Å²) in [5, 5.41) is 4.25. The highest BCUT2D eigenvalue weighted by Gasteiger charge is 2.21. The van der Waals surface area contributed by atoms with Crippen LogP contribution in [0.3, 0.4) is 0 Å². The van der Waals surface area contributed by atoms with Crippen molar-refractivity contribution >= 4 is 0 Å². The predicted octanol–water partition coefficient (Wildman–Crippen LogP) is 1.96. The summed E-state index contributed by atoms with van der Waals surface area (Å²) in [6.45, 7) is 7.31. The van der Waals surface area contributed by atoms with Crippen molar-refractivity contribution in [1.82, 2.24) is 9.78 Å². The maximum absolute atomic E-state index is 6.24. The minimum absolute atomic E-state index is 0.0540. The number of nitrogens with zero attached hydrogens (tertiary/aromatic N) is 2. The molecule has 0 aliphatic carbocycles. The molecule has 0 amide bonds. The van der Waals surface area contributed by atoms with E-state index < -0.39 is 0 Å². The van der Waals surface area contributed by atoms with Crippen LogP contribution in [0.4, 0.5) is 0 Å². The Balaban J connectivity index is 2.67. The van der Waals surface area contributed by atoms with E-state index in [0.29, 0.717) is 0 Å². The highest BCUT2D eigenvalue weighted by atomic mass is 15.3. The lowest BCUT2D eigenvalue weighted by Gasteiger charge is -2.25. The number of nitrogens with two attached hydrogens (primary N) is 1. The second-order valence-corrected chi connectivity index (χ2v) is 3.95. The third-order valence-corrected chi connectivity index (χ3v) is 2.98. The molecule has 14 heavy (non-hydrogen) atoms. The molecule has 80 valence electrons. The molecule has 0 saturated heterocycles. The van der Waals surface area contributed by atoms with Gasteiger partial charge in [-0.3, -0.25) is 4.68 Å². The monoisotopic (exact) mass is 195 g/mol. The van der Waals surface area contributed by atoms with Crippen LogP contribution in [0.15, 0.2) is 12.4 Å². The van der Waals surface area contributed by atoms with E-state index in [-0.39, 0.29) is 5.54 Å². The van der Waals surface area contributed by atoms with Gasteiger partial charge in [0, 0.05) is 18.3 Å². The molecule has 0 aliphatic heterocycles. The van der Waals surface area contributed by atoms with Crippen molar-refractivity contribution in [1.29, 1.82) is 0 Å². The molecule has 0 radical (unpaired) electrons. The molecule has 0 atom stereocenters. The second-order valence-electron chi connectivity index (χ2n) is 3.95. The molecule has 1 aromatic rings. The van der Waals surface area contributed by atoms with Gasteiger partial charge in [0.15, 0.2) is 0 Å². The smallest absolute Gasteiger partial charge is 0.0522 e. The first-order chi connectivity index (χ1) is 6.63. The van der Waals surface area contributed by atoms with Crippen LogP contribution < -0.4 is 5.73 Å². The Hall–Kier alpha value is -0.830. The zero-order valence-electron chi connectivity index (χ0n) is 9.45. The highest BCUT2D eigenvalue weighted by Crippen LogP contribution is 2.17. The summed E-state index contributed by atoms with van der Waals surface area (Å²) in [6, 6.07) is 0. The van der Waals surface area contributed by atoms with Crippen LogP contribution >= 0.6 is 0 Å². The summed E-state index contributed by atoms with van der Waals surface area (Å²) >= 11 is 0. The third-order valence-electron chi connectivity index (χ3n) is 2.98. The molecule has 0 bridgehead atoms. The minimum Gasteiger partial charge on any atom is -0.325 e. The van der Waals surface area contributed by atoms with Gasteiger partial charge in [0.2, 0.25) is 0 Å². The molecule has 1 rings (SSSR count). The molecular weight excluding hydrogens is 174 g/mol. The molecule has 2 N–H and O–H groups in total. The van der Waals surface area contributed by atoms with Gasteiger partial charge in [-0.15, -0.1) is 0 Å². The van der Waals surface area contributed by atoms with Crippen LogP contribution in [0.2, 0.25) is 0 Å². The number of aryl methyl sites for hydroxylation is 1. The lowest BCUT2D eigenvalue weighted by Crippen LogP contribution is -2.40. The molecule has 1 aromatic heterocycles. The molecular formula is C11H21N3. The lowest BCUT2D eigenvalue weighted by molar-refractivity contribution is 0.393. The van der Waals surface area contributed by atoms with Gasteiger partial charge in [-0.25, -0.2) is 0 Å². The Morgan fingerprint density at radius 1 is 1.36 bits per heavy atom. The second kappa shape index (κ2) is 4.60. The van der Waals surface area contributed by atoms with E-state index in [1.165, 1.54) is 5.56 Å². The number of aromatic nitrogens is 2. The molecule has 3 heteroatoms. The first-order valence-corrected chi connectivity index (χ1v) is 5.43. The molecule has 1 heterocycles. The summed E-state index contributed by atoms with van der Waals surface area (Å²) in [4.78, 5) is 0. The molecule has 0 spiro atoms. The van der Waals surface area contributed by atoms with Gasteiger partial charge in [-0.1, -0.05) is 13.8 Å². The van der Waals surface area contributed by atoms with E-state index in [4.69, 9.17) is 5.73 Å². The van der Waals surface area contributed by atoms with Crippen LogP contribution in [-0.2, 0) is 13.0 Å². The van der Waals surface area contributed by atoms with Crippen molar-refractivity contribution in [3.63, 3.8) is 0 Å². The van der Waals surface area contributed by atoms with Crippen molar-refractivity contribution < 1.29 is 0 Å². The molecule has 0 aromatic carbocycles. The zero-order valence-corrected chi connectivity index (χ0v) is 9.45. The van der Waals surface area contributed by atoms with Crippen LogP contribution in [-0.4, -0.2) is 15.3 Å². The van der Waals surface area contributed by atoms with Gasteiger partial charge in [-0.2, -0.15) is 5.10 Å². The third kappa shape index (κ3) is 2.58. The largest absolute Gasteiger partial charge is 0.325 e. The fraction of sp³-hybridized carbons (Fsp3) is 0.727. The van der Waals surface area contributed by atoms with E-state index in [1.54, 1.807) is 0 Å². The fourth-order valence-corrected chi connectivity index (χ4v) is 1.58. The molecule has 3 nitrogen and oxygen atoms in total. The number of hydrogen-bond acceptors (Lipinski definition) is 2. The summed E-state index contributed by atoms with van der Waals surface area (Å²) in [6.07, 6.45) is 6.98. The average molecular weight is 195 g/mol. The topological polar surface area (TPSA) is 43.8 Å². The van der Waals surface area contributed by atoms with Gasteiger partial charge < -0.3 is 5.73 Å². The minimum atomic E-state index is -0.0540. The SMILES string of the molecule is CCn1cc(CC(N)(CC)CC)cn1. The summed E-state index contributed by atoms with van der Waals surface area (Å²) < 4.78 is 1.95. The van der Waals surface area contributed by atoms with Gasteiger partial charge in [0.1, 0.15) is 0 Å². The standard InChI is InChI=1S/C11H21N3/c1-4-11(12,5-2)7-10-8-13-14(6-3)9-10/h8-9H,4-7,12H2,1-3H3. The average Bonchev–Trinajstić information content (AvgIpc) is 2.65. The number of hydrogen-bond donors (Lipinski definition) is 1. The van der Waals surface area contributed by atoms with Crippen molar-refractivity contribution in [3.05, 3.63) is 18.0 Å². The van der Waals surface area contributed by atoms with Gasteiger partial charge >= 0.3 is 0 Å². The highest BCUT2D eigenvalue weighted by molar-refractivity contribution is 5.09. The van der Waals surface area contributed by atoms with Crippen molar-refractivity contribution in [3.8, 4) is 0 Å². The Morgan fingerprint density at radius 2 is 2.00 bits per heavy atom. The van der Waals surface area contributed by atoms with Crippen LogP contribution in [0.25, 0.3) is 0 Å². The van der Waals surface area contributed by atoms with E-state index in [9.17, 15) is 0 Å². The Morgan fingerprint density at radius 3 is 2.43 bits per heavy atom. The van der Waals surface area contributed by atoms with Crippen molar-refractivity contribution in [2.75, 3.05) is 0 Å². The van der Waals surface area contributed by atoms with Gasteiger partial charge in [0.25, 0.3) is 0 Å². The Kier molecular flexibility index (Phi) is 3.69. The fourth-order valence-electron chi connectivity index (χ4n) is 1.58. The van der Waals surface area contributed by atoms with Crippen molar-refractivity contribution in [2.24, 2.45) is 5.73 Å². The van der Waals surface area contributed by atoms with Crippen LogP contribution in [0.1, 0.15) is 39.2 Å². The predicted molar refractivity (Wildman–Crippen MR) is 59.1 cm³/mol. The molecule has 0 saturated carbocycles. The van der Waals surface area contributed by atoms with E-state index >= 15 is 0 Å². The maximum atomic E-state index is 6.24. The van der Waals surface area contributed by atoms with Crippen LogP contribution in [0.5, 0.6) is 0 Å². The number of rotatable bonds is 5. The van der Waals surface area contributed by atoms with Crippen LogP contribution in [0, 0.1) is 0 Å². The summed E-state index contributed by atoms with van der Waals surface area (Å²) in [5.74, 6) is 0. The lowest BCUT2D eigenvalue weighted by atomic mass is 9.88. The van der Waals surface area contributed by atoms with Crippen molar-refractivity contribution in [2.45, 2.75) is 52.1 Å². The Labute approximate surface area is 86.3 Å². The molecule has 0 unspecified atom stereocenters. The maximum Gasteiger partial charge on any atom is 0.0522 e. The van der Waals surface area contributed by atoms with Gasteiger partial charge in [-0.05, 0) is 31.7 Å². The molecule has 0 fully saturated rings. The first-order valence-electron chi connectivity index (χ1n) is 5.43. The Bertz CT molecular complexity index is 274. The van der Waals surface area contributed by atoms with E-state index in [0.717, 1.165) is 25.8 Å². The zero-order chi connectivity index (χ0) is 10.6. The van der Waals surface area contributed by atoms with E-state index in [1.807, 2.05) is 10.9 Å². The molecule has 0 aliphatic rings. The van der Waals surface area contributed by atoms with Gasteiger partial charge in [0.05, 0.1) is 6.20 Å².